The molecule has 2 rings (SSSR count). The smallest absolute Gasteiger partial charge is 0.243 e. The SMILES string of the molecule is Cc1ccccc1CNc1n[nH]c(N)n1. The lowest BCUT2D eigenvalue weighted by atomic mass is 10.1. The van der Waals surface area contributed by atoms with Gasteiger partial charge in [-0.15, -0.1) is 5.10 Å². The zero-order chi connectivity index (χ0) is 10.7. The summed E-state index contributed by atoms with van der Waals surface area (Å²) >= 11 is 0. The Morgan fingerprint density at radius 1 is 1.40 bits per heavy atom. The second-order valence-corrected chi connectivity index (χ2v) is 3.32. The molecule has 0 amide bonds. The molecular weight excluding hydrogens is 190 g/mol. The summed E-state index contributed by atoms with van der Waals surface area (Å²) < 4.78 is 0. The van der Waals surface area contributed by atoms with E-state index in [1.807, 2.05) is 12.1 Å². The molecule has 4 N–H and O–H groups in total. The fraction of sp³-hybridized carbons (Fsp3) is 0.200. The number of aromatic nitrogens is 3. The average molecular weight is 203 g/mol. The van der Waals surface area contributed by atoms with Crippen LogP contribution in [-0.4, -0.2) is 15.2 Å². The van der Waals surface area contributed by atoms with Crippen LogP contribution >= 0.6 is 0 Å². The monoisotopic (exact) mass is 203 g/mol. The van der Waals surface area contributed by atoms with Gasteiger partial charge in [0, 0.05) is 6.54 Å². The van der Waals surface area contributed by atoms with Gasteiger partial charge in [0.25, 0.3) is 0 Å². The van der Waals surface area contributed by atoms with E-state index in [4.69, 9.17) is 5.73 Å². The fourth-order valence-electron chi connectivity index (χ4n) is 1.34. The summed E-state index contributed by atoms with van der Waals surface area (Å²) in [5.74, 6) is 0.845. The van der Waals surface area contributed by atoms with Crippen molar-refractivity contribution in [3.8, 4) is 0 Å². The first-order chi connectivity index (χ1) is 7.25. The van der Waals surface area contributed by atoms with Gasteiger partial charge in [-0.25, -0.2) is 5.10 Å². The number of nitrogens with zero attached hydrogens (tertiary/aromatic N) is 2. The standard InChI is InChI=1S/C10H13N5/c1-7-4-2-3-5-8(7)6-12-10-13-9(11)14-15-10/h2-5H,6H2,1H3,(H4,11,12,13,14,15). The molecule has 15 heavy (non-hydrogen) atoms. The van der Waals surface area contributed by atoms with Crippen LogP contribution in [0.1, 0.15) is 11.1 Å². The van der Waals surface area contributed by atoms with Crippen molar-refractivity contribution < 1.29 is 0 Å². The number of nitrogens with one attached hydrogen (secondary N) is 2. The molecule has 0 aliphatic heterocycles. The first-order valence-corrected chi connectivity index (χ1v) is 4.72. The molecule has 0 saturated heterocycles. The summed E-state index contributed by atoms with van der Waals surface area (Å²) in [5.41, 5.74) is 7.88. The Bertz CT molecular complexity index is 449. The number of hydrogen-bond donors (Lipinski definition) is 3. The lowest BCUT2D eigenvalue weighted by molar-refractivity contribution is 1.04. The number of hydrogen-bond acceptors (Lipinski definition) is 4. The van der Waals surface area contributed by atoms with Gasteiger partial charge in [-0.1, -0.05) is 24.3 Å². The summed E-state index contributed by atoms with van der Waals surface area (Å²) in [5, 5.41) is 9.55. The molecule has 78 valence electrons. The molecule has 1 heterocycles. The highest BCUT2D eigenvalue weighted by atomic mass is 15.3. The number of benzene rings is 1. The highest BCUT2D eigenvalue weighted by Crippen LogP contribution is 2.09. The van der Waals surface area contributed by atoms with Crippen molar-refractivity contribution >= 4 is 11.9 Å². The number of nitrogen functional groups attached to an aromatic ring is 1. The number of aryl methyl sites for hydroxylation is 1. The third-order valence-electron chi connectivity index (χ3n) is 2.20. The molecule has 0 unspecified atom stereocenters. The van der Waals surface area contributed by atoms with Crippen LogP contribution in [-0.2, 0) is 6.54 Å². The van der Waals surface area contributed by atoms with Crippen LogP contribution in [0.5, 0.6) is 0 Å². The molecule has 0 fully saturated rings. The van der Waals surface area contributed by atoms with Crippen LogP contribution < -0.4 is 11.1 Å². The third-order valence-corrected chi connectivity index (χ3v) is 2.20. The van der Waals surface area contributed by atoms with E-state index in [0.29, 0.717) is 18.4 Å². The number of H-pyrrole nitrogens is 1. The van der Waals surface area contributed by atoms with E-state index in [1.54, 1.807) is 0 Å². The summed E-state index contributed by atoms with van der Waals surface area (Å²) in [6.45, 7) is 2.77. The molecule has 0 bridgehead atoms. The van der Waals surface area contributed by atoms with E-state index >= 15 is 0 Å². The van der Waals surface area contributed by atoms with Crippen molar-refractivity contribution in [1.29, 1.82) is 0 Å². The van der Waals surface area contributed by atoms with Crippen LogP contribution in [0.2, 0.25) is 0 Å². The van der Waals surface area contributed by atoms with Crippen LogP contribution in [0.4, 0.5) is 11.9 Å². The van der Waals surface area contributed by atoms with Crippen molar-refractivity contribution in [1.82, 2.24) is 15.2 Å². The topological polar surface area (TPSA) is 79.6 Å². The van der Waals surface area contributed by atoms with Gasteiger partial charge in [-0.05, 0) is 18.1 Å². The Labute approximate surface area is 87.7 Å². The molecule has 1 aromatic carbocycles. The first-order valence-electron chi connectivity index (χ1n) is 4.72. The van der Waals surface area contributed by atoms with Gasteiger partial charge in [0.1, 0.15) is 0 Å². The van der Waals surface area contributed by atoms with Crippen molar-refractivity contribution in [2.24, 2.45) is 0 Å². The second kappa shape index (κ2) is 4.00. The molecule has 2 aromatic rings. The van der Waals surface area contributed by atoms with Crippen LogP contribution in [0, 0.1) is 6.92 Å². The van der Waals surface area contributed by atoms with E-state index < -0.39 is 0 Å². The fourth-order valence-corrected chi connectivity index (χ4v) is 1.34. The lowest BCUT2D eigenvalue weighted by Gasteiger charge is -2.04. The van der Waals surface area contributed by atoms with Crippen molar-refractivity contribution in [2.45, 2.75) is 13.5 Å². The minimum atomic E-state index is 0.322. The van der Waals surface area contributed by atoms with Gasteiger partial charge in [0.15, 0.2) is 0 Å². The van der Waals surface area contributed by atoms with E-state index in [0.717, 1.165) is 0 Å². The Hall–Kier alpha value is -2.04. The normalized spacial score (nSPS) is 10.2. The van der Waals surface area contributed by atoms with Crippen molar-refractivity contribution in [2.75, 3.05) is 11.1 Å². The number of aromatic amines is 1. The van der Waals surface area contributed by atoms with Crippen molar-refractivity contribution in [3.63, 3.8) is 0 Å². The van der Waals surface area contributed by atoms with Crippen LogP contribution in [0.15, 0.2) is 24.3 Å². The van der Waals surface area contributed by atoms with E-state index in [-0.39, 0.29) is 0 Å². The maximum absolute atomic E-state index is 5.41. The zero-order valence-electron chi connectivity index (χ0n) is 8.49. The molecule has 0 aliphatic carbocycles. The molecule has 0 saturated carbocycles. The van der Waals surface area contributed by atoms with Gasteiger partial charge in [-0.2, -0.15) is 4.98 Å². The largest absolute Gasteiger partial charge is 0.368 e. The number of anilines is 2. The molecule has 1 aromatic heterocycles. The van der Waals surface area contributed by atoms with E-state index in [1.165, 1.54) is 11.1 Å². The summed E-state index contributed by atoms with van der Waals surface area (Å²) in [7, 11) is 0. The third kappa shape index (κ3) is 2.25. The first kappa shape index (κ1) is 9.51. The summed E-state index contributed by atoms with van der Waals surface area (Å²) in [4.78, 5) is 3.96. The highest BCUT2D eigenvalue weighted by molar-refractivity contribution is 5.33. The second-order valence-electron chi connectivity index (χ2n) is 3.32. The Kier molecular flexibility index (Phi) is 2.53. The van der Waals surface area contributed by atoms with Crippen molar-refractivity contribution in [3.05, 3.63) is 35.4 Å². The lowest BCUT2D eigenvalue weighted by Crippen LogP contribution is -2.02. The summed E-state index contributed by atoms with van der Waals surface area (Å²) in [6.07, 6.45) is 0. The maximum atomic E-state index is 5.41. The van der Waals surface area contributed by atoms with E-state index in [2.05, 4.69) is 39.6 Å². The predicted molar refractivity (Wildman–Crippen MR) is 59.3 cm³/mol. The zero-order valence-corrected chi connectivity index (χ0v) is 8.49. The Balaban J connectivity index is 2.02. The number of rotatable bonds is 3. The molecule has 0 radical (unpaired) electrons. The molecule has 0 spiro atoms. The van der Waals surface area contributed by atoms with Crippen LogP contribution in [0.25, 0.3) is 0 Å². The summed E-state index contributed by atoms with van der Waals surface area (Å²) in [6, 6.07) is 8.17. The minimum absolute atomic E-state index is 0.322. The van der Waals surface area contributed by atoms with E-state index in [9.17, 15) is 0 Å². The molecule has 0 aliphatic rings. The Morgan fingerprint density at radius 3 is 2.87 bits per heavy atom. The van der Waals surface area contributed by atoms with Crippen LogP contribution in [0.3, 0.4) is 0 Å². The van der Waals surface area contributed by atoms with Gasteiger partial charge < -0.3 is 11.1 Å². The minimum Gasteiger partial charge on any atom is -0.368 e. The van der Waals surface area contributed by atoms with Gasteiger partial charge >= 0.3 is 0 Å². The molecule has 0 atom stereocenters. The highest BCUT2D eigenvalue weighted by Gasteiger charge is 2.00. The quantitative estimate of drug-likeness (QED) is 0.702. The number of nitrogens with two attached hydrogens (primary N) is 1. The average Bonchev–Trinajstić information content (AvgIpc) is 2.63. The predicted octanol–water partition coefficient (Wildman–Crippen LogP) is 1.31. The maximum Gasteiger partial charge on any atom is 0.243 e. The van der Waals surface area contributed by atoms with Gasteiger partial charge in [0.05, 0.1) is 0 Å². The van der Waals surface area contributed by atoms with Gasteiger partial charge in [-0.3, -0.25) is 0 Å². The molecule has 5 nitrogen and oxygen atoms in total. The molecule has 5 heteroatoms. The molecular formula is C10H13N5. The Morgan fingerprint density at radius 2 is 2.20 bits per heavy atom. The van der Waals surface area contributed by atoms with Gasteiger partial charge in [0.2, 0.25) is 11.9 Å².